The second-order valence-electron chi connectivity index (χ2n) is 5.54. The zero-order chi connectivity index (χ0) is 15.6. The molecular weight excluding hydrogens is 292 g/mol. The molecule has 1 aromatic rings. The van der Waals surface area contributed by atoms with Crippen LogP contribution < -0.4 is 9.62 Å². The lowest BCUT2D eigenvalue weighted by Crippen LogP contribution is -2.30. The van der Waals surface area contributed by atoms with Crippen molar-refractivity contribution < 1.29 is 18.3 Å². The highest BCUT2D eigenvalue weighted by molar-refractivity contribution is 7.89. The van der Waals surface area contributed by atoms with E-state index in [0.29, 0.717) is 19.5 Å². The van der Waals surface area contributed by atoms with E-state index in [2.05, 4.69) is 4.72 Å². The lowest BCUT2D eigenvalue weighted by Gasteiger charge is -2.18. The van der Waals surface area contributed by atoms with Crippen molar-refractivity contribution >= 4 is 21.7 Å². The van der Waals surface area contributed by atoms with Gasteiger partial charge in [0.2, 0.25) is 10.0 Å². The Kier molecular flexibility index (Phi) is 4.53. The molecule has 1 atom stereocenters. The number of benzene rings is 1. The van der Waals surface area contributed by atoms with E-state index in [1.54, 1.807) is 38.1 Å². The molecule has 0 saturated carbocycles. The van der Waals surface area contributed by atoms with Gasteiger partial charge in [0.15, 0.2) is 0 Å². The first-order chi connectivity index (χ1) is 9.79. The summed E-state index contributed by atoms with van der Waals surface area (Å²) in [7, 11) is -3.49. The number of anilines is 1. The standard InChI is InChI=1S/C14H20N2O4S/c1-10(2)15-21(19,20)13-5-3-12(4-6-13)16-8-7-11(9-16)14(17)18/h3-6,10-11,15H,7-9H2,1-2H3,(H,17,18). The first kappa shape index (κ1) is 15.8. The SMILES string of the molecule is CC(C)NS(=O)(=O)c1ccc(N2CCC(C(=O)O)C2)cc1. The van der Waals surface area contributed by atoms with Crippen LogP contribution in [0.4, 0.5) is 5.69 Å². The molecule has 1 aromatic carbocycles. The lowest BCUT2D eigenvalue weighted by molar-refractivity contribution is -0.140. The number of hydrogen-bond donors (Lipinski definition) is 2. The summed E-state index contributed by atoms with van der Waals surface area (Å²) >= 11 is 0. The van der Waals surface area contributed by atoms with Crippen LogP contribution in [0.2, 0.25) is 0 Å². The van der Waals surface area contributed by atoms with Crippen LogP contribution in [-0.2, 0) is 14.8 Å². The van der Waals surface area contributed by atoms with E-state index in [9.17, 15) is 13.2 Å². The fourth-order valence-electron chi connectivity index (χ4n) is 2.41. The monoisotopic (exact) mass is 312 g/mol. The summed E-state index contributed by atoms with van der Waals surface area (Å²) in [5.41, 5.74) is 0.849. The van der Waals surface area contributed by atoms with Gasteiger partial charge in [0, 0.05) is 24.8 Å². The van der Waals surface area contributed by atoms with Crippen molar-refractivity contribution in [3.8, 4) is 0 Å². The van der Waals surface area contributed by atoms with Crippen molar-refractivity contribution in [3.05, 3.63) is 24.3 Å². The Morgan fingerprint density at radius 1 is 1.33 bits per heavy atom. The lowest BCUT2D eigenvalue weighted by atomic mass is 10.1. The summed E-state index contributed by atoms with van der Waals surface area (Å²) in [6, 6.07) is 6.38. The number of nitrogens with one attached hydrogen (secondary N) is 1. The fourth-order valence-corrected chi connectivity index (χ4v) is 3.66. The summed E-state index contributed by atoms with van der Waals surface area (Å²) in [6.45, 7) is 4.67. The van der Waals surface area contributed by atoms with Crippen molar-refractivity contribution in [1.82, 2.24) is 4.72 Å². The van der Waals surface area contributed by atoms with Gasteiger partial charge in [-0.3, -0.25) is 4.79 Å². The average Bonchev–Trinajstić information content (AvgIpc) is 2.87. The van der Waals surface area contributed by atoms with Crippen molar-refractivity contribution in [2.24, 2.45) is 5.92 Å². The molecule has 1 unspecified atom stereocenters. The maximum Gasteiger partial charge on any atom is 0.308 e. The van der Waals surface area contributed by atoms with Gasteiger partial charge in [0.25, 0.3) is 0 Å². The summed E-state index contributed by atoms with van der Waals surface area (Å²) in [6.07, 6.45) is 0.615. The maximum absolute atomic E-state index is 12.0. The first-order valence-electron chi connectivity index (χ1n) is 6.90. The number of aliphatic carboxylic acids is 1. The number of carboxylic acids is 1. The Morgan fingerprint density at radius 3 is 2.43 bits per heavy atom. The van der Waals surface area contributed by atoms with Crippen LogP contribution >= 0.6 is 0 Å². The molecule has 2 rings (SSSR count). The molecule has 1 heterocycles. The summed E-state index contributed by atoms with van der Waals surface area (Å²) in [5.74, 6) is -1.13. The minimum absolute atomic E-state index is 0.162. The Hall–Kier alpha value is -1.60. The highest BCUT2D eigenvalue weighted by Gasteiger charge is 2.28. The topological polar surface area (TPSA) is 86.7 Å². The van der Waals surface area contributed by atoms with Gasteiger partial charge < -0.3 is 10.0 Å². The normalized spacial score (nSPS) is 19.2. The van der Waals surface area contributed by atoms with Crippen LogP contribution in [0.3, 0.4) is 0 Å². The molecule has 1 saturated heterocycles. The number of rotatable bonds is 5. The molecular formula is C14H20N2O4S. The van der Waals surface area contributed by atoms with Gasteiger partial charge in [-0.05, 0) is 44.5 Å². The Morgan fingerprint density at radius 2 is 1.95 bits per heavy atom. The number of carbonyl (C=O) groups is 1. The van der Waals surface area contributed by atoms with Crippen molar-refractivity contribution in [2.45, 2.75) is 31.2 Å². The number of nitrogens with zero attached hydrogens (tertiary/aromatic N) is 1. The predicted octanol–water partition coefficient (Wildman–Crippen LogP) is 1.28. The zero-order valence-electron chi connectivity index (χ0n) is 12.1. The first-order valence-corrected chi connectivity index (χ1v) is 8.38. The van der Waals surface area contributed by atoms with E-state index >= 15 is 0 Å². The van der Waals surface area contributed by atoms with E-state index < -0.39 is 16.0 Å². The minimum atomic E-state index is -3.49. The molecule has 0 aromatic heterocycles. The third kappa shape index (κ3) is 3.74. The molecule has 2 N–H and O–H groups in total. The second kappa shape index (κ2) is 6.03. The average molecular weight is 312 g/mol. The maximum atomic E-state index is 12.0. The molecule has 0 aliphatic carbocycles. The van der Waals surface area contributed by atoms with Gasteiger partial charge in [-0.2, -0.15) is 0 Å². The molecule has 0 spiro atoms. The number of sulfonamides is 1. The highest BCUT2D eigenvalue weighted by atomic mass is 32.2. The van der Waals surface area contributed by atoms with Crippen LogP contribution in [0.25, 0.3) is 0 Å². The molecule has 1 aliphatic rings. The Labute approximate surface area is 124 Å². The molecule has 6 nitrogen and oxygen atoms in total. The number of carboxylic acid groups (broad SMARTS) is 1. The van der Waals surface area contributed by atoms with E-state index in [4.69, 9.17) is 5.11 Å². The molecule has 7 heteroatoms. The molecule has 0 amide bonds. The molecule has 0 bridgehead atoms. The third-order valence-corrected chi connectivity index (χ3v) is 5.11. The van der Waals surface area contributed by atoms with Gasteiger partial charge in [-0.1, -0.05) is 0 Å². The van der Waals surface area contributed by atoms with E-state index in [1.165, 1.54) is 0 Å². The van der Waals surface area contributed by atoms with Crippen LogP contribution in [0, 0.1) is 5.92 Å². The molecule has 116 valence electrons. The van der Waals surface area contributed by atoms with Gasteiger partial charge in [-0.15, -0.1) is 0 Å². The van der Waals surface area contributed by atoms with Gasteiger partial charge >= 0.3 is 5.97 Å². The van der Waals surface area contributed by atoms with Gasteiger partial charge in [0.1, 0.15) is 0 Å². The smallest absolute Gasteiger partial charge is 0.308 e. The zero-order valence-corrected chi connectivity index (χ0v) is 12.9. The molecule has 1 fully saturated rings. The fraction of sp³-hybridized carbons (Fsp3) is 0.500. The van der Waals surface area contributed by atoms with Crippen LogP contribution in [-0.4, -0.2) is 38.6 Å². The van der Waals surface area contributed by atoms with Gasteiger partial charge in [-0.25, -0.2) is 13.1 Å². The van der Waals surface area contributed by atoms with E-state index in [1.807, 2.05) is 4.90 Å². The van der Waals surface area contributed by atoms with E-state index in [0.717, 1.165) is 5.69 Å². The van der Waals surface area contributed by atoms with E-state index in [-0.39, 0.29) is 16.9 Å². The molecule has 21 heavy (non-hydrogen) atoms. The van der Waals surface area contributed by atoms with Crippen molar-refractivity contribution in [2.75, 3.05) is 18.0 Å². The quantitative estimate of drug-likeness (QED) is 0.855. The van der Waals surface area contributed by atoms with Crippen LogP contribution in [0.5, 0.6) is 0 Å². The predicted molar refractivity (Wildman–Crippen MR) is 79.9 cm³/mol. The van der Waals surface area contributed by atoms with Crippen LogP contribution in [0.1, 0.15) is 20.3 Å². The van der Waals surface area contributed by atoms with Gasteiger partial charge in [0.05, 0.1) is 10.8 Å². The Bertz CT molecular complexity index is 610. The highest BCUT2D eigenvalue weighted by Crippen LogP contribution is 2.25. The van der Waals surface area contributed by atoms with Crippen molar-refractivity contribution in [1.29, 1.82) is 0 Å². The summed E-state index contributed by atoms with van der Waals surface area (Å²) in [5, 5.41) is 9.00. The Balaban J connectivity index is 2.11. The minimum Gasteiger partial charge on any atom is -0.481 e. The largest absolute Gasteiger partial charge is 0.481 e. The third-order valence-electron chi connectivity index (χ3n) is 3.44. The molecule has 1 aliphatic heterocycles. The molecule has 0 radical (unpaired) electrons. The van der Waals surface area contributed by atoms with Crippen LogP contribution in [0.15, 0.2) is 29.2 Å². The summed E-state index contributed by atoms with van der Waals surface area (Å²) in [4.78, 5) is 13.1. The van der Waals surface area contributed by atoms with Crippen molar-refractivity contribution in [3.63, 3.8) is 0 Å². The number of hydrogen-bond acceptors (Lipinski definition) is 4. The second-order valence-corrected chi connectivity index (χ2v) is 7.25. The summed E-state index contributed by atoms with van der Waals surface area (Å²) < 4.78 is 26.6.